The van der Waals surface area contributed by atoms with E-state index in [-0.39, 0.29) is 0 Å². The maximum absolute atomic E-state index is 13.6. The zero-order chi connectivity index (χ0) is 17.7. The molecule has 26 heavy (non-hydrogen) atoms. The van der Waals surface area contributed by atoms with Gasteiger partial charge in [-0.2, -0.15) is 0 Å². The first-order chi connectivity index (χ1) is 12.7. The van der Waals surface area contributed by atoms with E-state index in [9.17, 15) is 8.42 Å². The molecule has 0 saturated heterocycles. The normalized spacial score (nSPS) is 17.1. The molecular weight excluding hydrogens is 344 g/mol. The fourth-order valence-electron chi connectivity index (χ4n) is 4.45. The van der Waals surface area contributed by atoms with Crippen LogP contribution in [0, 0.1) is 0 Å². The minimum atomic E-state index is -3.61. The van der Waals surface area contributed by atoms with Crippen molar-refractivity contribution in [3.8, 4) is 0 Å². The summed E-state index contributed by atoms with van der Waals surface area (Å²) in [4.78, 5) is 0.397. The number of para-hydroxylation sites is 1. The van der Waals surface area contributed by atoms with Gasteiger partial charge in [0.1, 0.15) is 0 Å². The van der Waals surface area contributed by atoms with Crippen LogP contribution in [0.2, 0.25) is 0 Å². The lowest BCUT2D eigenvalue weighted by molar-refractivity contribution is 0.581. The first-order valence-corrected chi connectivity index (χ1v) is 10.8. The van der Waals surface area contributed by atoms with Gasteiger partial charge in [-0.25, -0.2) is 12.4 Å². The zero-order valence-electron chi connectivity index (χ0n) is 14.7. The number of nitrogens with zero attached hydrogens (tertiary/aromatic N) is 1. The van der Waals surface area contributed by atoms with Gasteiger partial charge >= 0.3 is 0 Å². The third kappa shape index (κ3) is 2.34. The van der Waals surface area contributed by atoms with Crippen LogP contribution in [0.1, 0.15) is 35.2 Å². The molecule has 5 rings (SSSR count). The fraction of sp³-hybridized carbons (Fsp3) is 0.333. The Kier molecular flexibility index (Phi) is 3.69. The standard InChI is InChI=1S/C21H22N2O2S/c24-26(25,17-10-9-15-11-12-22-14-16(15)13-17)23-20-7-3-1-5-18(20)19-6-2-4-8-21(19)23/h1,3,5,7,9-10,13,22H,2,4,6,8,11-12,14H2. The second kappa shape index (κ2) is 5.96. The Morgan fingerprint density at radius 3 is 2.69 bits per heavy atom. The second-order valence-electron chi connectivity index (χ2n) is 7.28. The monoisotopic (exact) mass is 366 g/mol. The van der Waals surface area contributed by atoms with Crippen molar-refractivity contribution in [2.45, 2.75) is 43.5 Å². The average molecular weight is 366 g/mol. The Morgan fingerprint density at radius 2 is 1.77 bits per heavy atom. The molecule has 2 aliphatic rings. The van der Waals surface area contributed by atoms with Crippen LogP contribution in [0.15, 0.2) is 47.4 Å². The van der Waals surface area contributed by atoms with E-state index >= 15 is 0 Å². The Morgan fingerprint density at radius 1 is 0.923 bits per heavy atom. The summed E-state index contributed by atoms with van der Waals surface area (Å²) in [7, 11) is -3.61. The molecule has 1 aliphatic heterocycles. The lowest BCUT2D eigenvalue weighted by Gasteiger charge is -2.20. The number of aryl methyl sites for hydroxylation is 1. The highest BCUT2D eigenvalue weighted by Gasteiger charge is 2.28. The van der Waals surface area contributed by atoms with Gasteiger partial charge in [-0.05, 0) is 73.5 Å². The van der Waals surface area contributed by atoms with Crippen LogP contribution in [0.3, 0.4) is 0 Å². The Hall–Kier alpha value is -2.11. The predicted molar refractivity (Wildman–Crippen MR) is 103 cm³/mol. The second-order valence-corrected chi connectivity index (χ2v) is 9.06. The van der Waals surface area contributed by atoms with Gasteiger partial charge in [-0.3, -0.25) is 0 Å². The Bertz CT molecular complexity index is 1110. The van der Waals surface area contributed by atoms with E-state index in [2.05, 4.69) is 11.4 Å². The van der Waals surface area contributed by atoms with Crippen LogP contribution in [0.5, 0.6) is 0 Å². The third-order valence-corrected chi connectivity index (χ3v) is 7.48. The summed E-state index contributed by atoms with van der Waals surface area (Å²) < 4.78 is 28.8. The lowest BCUT2D eigenvalue weighted by Crippen LogP contribution is -2.24. The van der Waals surface area contributed by atoms with E-state index in [1.54, 1.807) is 10.0 Å². The van der Waals surface area contributed by atoms with Gasteiger partial charge in [-0.1, -0.05) is 24.3 Å². The molecule has 4 nitrogen and oxygen atoms in total. The van der Waals surface area contributed by atoms with E-state index < -0.39 is 10.0 Å². The summed E-state index contributed by atoms with van der Waals surface area (Å²) in [5.74, 6) is 0. The SMILES string of the molecule is O=S(=O)(c1ccc2c(c1)CNCC2)n1c2c(c3ccccc31)CCCC2. The lowest BCUT2D eigenvalue weighted by atomic mass is 9.96. The molecule has 134 valence electrons. The fourth-order valence-corrected chi connectivity index (χ4v) is 6.10. The van der Waals surface area contributed by atoms with Gasteiger partial charge in [0, 0.05) is 17.6 Å². The average Bonchev–Trinajstić information content (AvgIpc) is 3.03. The summed E-state index contributed by atoms with van der Waals surface area (Å²) in [5, 5.41) is 4.42. The number of hydrogen-bond acceptors (Lipinski definition) is 3. The number of aromatic nitrogens is 1. The first kappa shape index (κ1) is 16.1. The highest BCUT2D eigenvalue weighted by molar-refractivity contribution is 7.90. The highest BCUT2D eigenvalue weighted by Crippen LogP contribution is 2.35. The molecular formula is C21H22N2O2S. The zero-order valence-corrected chi connectivity index (χ0v) is 15.5. The number of hydrogen-bond donors (Lipinski definition) is 1. The summed E-state index contributed by atoms with van der Waals surface area (Å²) >= 11 is 0. The molecule has 2 heterocycles. The van der Waals surface area contributed by atoms with Crippen LogP contribution < -0.4 is 5.32 Å². The molecule has 0 saturated carbocycles. The van der Waals surface area contributed by atoms with Crippen molar-refractivity contribution in [2.24, 2.45) is 0 Å². The molecule has 0 amide bonds. The molecule has 0 unspecified atom stereocenters. The molecule has 3 aromatic rings. The van der Waals surface area contributed by atoms with Gasteiger partial charge in [0.25, 0.3) is 10.0 Å². The van der Waals surface area contributed by atoms with E-state index in [4.69, 9.17) is 0 Å². The number of fused-ring (bicyclic) bond motifs is 4. The minimum Gasteiger partial charge on any atom is -0.312 e. The maximum Gasteiger partial charge on any atom is 0.268 e. The molecule has 0 atom stereocenters. The molecule has 1 aliphatic carbocycles. The van der Waals surface area contributed by atoms with Crippen LogP contribution in [-0.4, -0.2) is 18.9 Å². The summed E-state index contributed by atoms with van der Waals surface area (Å²) in [5.41, 5.74) is 5.36. The van der Waals surface area contributed by atoms with Crippen LogP contribution in [0.4, 0.5) is 0 Å². The predicted octanol–water partition coefficient (Wildman–Crippen LogP) is 3.40. The number of benzene rings is 2. The molecule has 0 fully saturated rings. The molecule has 5 heteroatoms. The molecule has 0 bridgehead atoms. The molecule has 1 N–H and O–H groups in total. The number of nitrogens with one attached hydrogen (secondary N) is 1. The van der Waals surface area contributed by atoms with Crippen molar-refractivity contribution in [3.63, 3.8) is 0 Å². The van der Waals surface area contributed by atoms with Crippen molar-refractivity contribution < 1.29 is 8.42 Å². The topological polar surface area (TPSA) is 51.1 Å². The van der Waals surface area contributed by atoms with Crippen LogP contribution >= 0.6 is 0 Å². The van der Waals surface area contributed by atoms with E-state index in [0.717, 1.165) is 67.4 Å². The number of rotatable bonds is 2. The van der Waals surface area contributed by atoms with Gasteiger partial charge in [0.15, 0.2) is 0 Å². The van der Waals surface area contributed by atoms with Crippen molar-refractivity contribution in [1.82, 2.24) is 9.29 Å². The van der Waals surface area contributed by atoms with Crippen molar-refractivity contribution in [2.75, 3.05) is 6.54 Å². The minimum absolute atomic E-state index is 0.397. The third-order valence-electron chi connectivity index (χ3n) is 5.73. The van der Waals surface area contributed by atoms with Crippen molar-refractivity contribution in [1.29, 1.82) is 0 Å². The van der Waals surface area contributed by atoms with E-state index in [0.29, 0.717) is 4.90 Å². The molecule has 1 aromatic heterocycles. The largest absolute Gasteiger partial charge is 0.312 e. The van der Waals surface area contributed by atoms with Crippen molar-refractivity contribution in [3.05, 3.63) is 64.8 Å². The molecule has 2 aromatic carbocycles. The molecule has 0 radical (unpaired) electrons. The maximum atomic E-state index is 13.6. The summed E-state index contributed by atoms with van der Waals surface area (Å²) in [6, 6.07) is 13.5. The van der Waals surface area contributed by atoms with Gasteiger partial charge < -0.3 is 5.32 Å². The smallest absolute Gasteiger partial charge is 0.268 e. The Balaban J connectivity index is 1.75. The van der Waals surface area contributed by atoms with Crippen LogP contribution in [0.25, 0.3) is 10.9 Å². The van der Waals surface area contributed by atoms with Gasteiger partial charge in [-0.15, -0.1) is 0 Å². The summed E-state index contributed by atoms with van der Waals surface area (Å²) in [6.07, 6.45) is 4.93. The quantitative estimate of drug-likeness (QED) is 0.756. The van der Waals surface area contributed by atoms with E-state index in [1.165, 1.54) is 11.1 Å². The van der Waals surface area contributed by atoms with Crippen molar-refractivity contribution >= 4 is 20.9 Å². The highest BCUT2D eigenvalue weighted by atomic mass is 32.2. The molecule has 0 spiro atoms. The van der Waals surface area contributed by atoms with Gasteiger partial charge in [0.2, 0.25) is 0 Å². The van der Waals surface area contributed by atoms with Crippen LogP contribution in [-0.2, 0) is 35.8 Å². The van der Waals surface area contributed by atoms with E-state index in [1.807, 2.05) is 30.3 Å². The Labute approximate surface area is 153 Å². The first-order valence-electron chi connectivity index (χ1n) is 9.35. The summed E-state index contributed by atoms with van der Waals surface area (Å²) in [6.45, 7) is 1.69. The van der Waals surface area contributed by atoms with Gasteiger partial charge in [0.05, 0.1) is 10.4 Å².